The highest BCUT2D eigenvalue weighted by Gasteiger charge is 2.29. The van der Waals surface area contributed by atoms with Gasteiger partial charge in [0.05, 0.1) is 5.69 Å². The third-order valence-corrected chi connectivity index (χ3v) is 3.25. The summed E-state index contributed by atoms with van der Waals surface area (Å²) in [4.78, 5) is 0. The van der Waals surface area contributed by atoms with E-state index in [9.17, 15) is 0 Å². The summed E-state index contributed by atoms with van der Waals surface area (Å²) < 4.78 is 2.01. The molecule has 2 rings (SSSR count). The second-order valence-corrected chi connectivity index (χ2v) is 5.04. The van der Waals surface area contributed by atoms with E-state index in [4.69, 9.17) is 5.73 Å². The molecule has 0 bridgehead atoms. The Morgan fingerprint density at radius 2 is 2.00 bits per heavy atom. The number of hydrogen-bond acceptors (Lipinski definition) is 2. The van der Waals surface area contributed by atoms with Gasteiger partial charge in [0.25, 0.3) is 0 Å². The van der Waals surface area contributed by atoms with Gasteiger partial charge in [-0.1, -0.05) is 13.8 Å². The van der Waals surface area contributed by atoms with Crippen molar-refractivity contribution in [2.75, 3.05) is 0 Å². The molecule has 0 spiro atoms. The van der Waals surface area contributed by atoms with Gasteiger partial charge in [0.15, 0.2) is 0 Å². The number of aryl methyl sites for hydroxylation is 1. The van der Waals surface area contributed by atoms with Gasteiger partial charge in [-0.25, -0.2) is 0 Å². The van der Waals surface area contributed by atoms with Crippen LogP contribution >= 0.6 is 24.8 Å². The summed E-state index contributed by atoms with van der Waals surface area (Å²) in [5.41, 5.74) is 10.0. The van der Waals surface area contributed by atoms with Crippen molar-refractivity contribution >= 4 is 24.8 Å². The molecule has 1 heterocycles. The highest BCUT2D eigenvalue weighted by molar-refractivity contribution is 5.85. The highest BCUT2D eigenvalue weighted by Crippen LogP contribution is 2.35. The molecule has 1 aromatic heterocycles. The molecule has 16 heavy (non-hydrogen) atoms. The molecule has 94 valence electrons. The predicted octanol–water partition coefficient (Wildman–Crippen LogP) is 2.24. The fourth-order valence-corrected chi connectivity index (χ4v) is 2.37. The lowest BCUT2D eigenvalue weighted by Gasteiger charge is -2.29. The minimum atomic E-state index is 0. The second kappa shape index (κ2) is 5.39. The minimum absolute atomic E-state index is 0. The van der Waals surface area contributed by atoms with E-state index in [2.05, 4.69) is 18.9 Å². The third-order valence-electron chi connectivity index (χ3n) is 3.25. The summed E-state index contributed by atoms with van der Waals surface area (Å²) >= 11 is 0. The Bertz CT molecular complexity index is 358. The van der Waals surface area contributed by atoms with Gasteiger partial charge in [-0.3, -0.25) is 4.68 Å². The summed E-state index contributed by atoms with van der Waals surface area (Å²) in [5, 5.41) is 4.47. The number of nitrogens with two attached hydrogens (primary N) is 1. The smallest absolute Gasteiger partial charge is 0.0795 e. The molecule has 0 saturated carbocycles. The minimum Gasteiger partial charge on any atom is -0.325 e. The number of fused-ring (bicyclic) bond motifs is 1. The molecule has 0 aliphatic heterocycles. The summed E-state index contributed by atoms with van der Waals surface area (Å²) in [6.45, 7) is 5.21. The van der Waals surface area contributed by atoms with E-state index in [0.29, 0.717) is 12.0 Å². The van der Waals surface area contributed by atoms with Crippen molar-refractivity contribution in [2.24, 2.45) is 18.2 Å². The number of halogens is 2. The molecule has 1 aromatic rings. The van der Waals surface area contributed by atoms with Gasteiger partial charge in [-0.05, 0) is 30.2 Å². The molecule has 1 aliphatic carbocycles. The lowest BCUT2D eigenvalue weighted by molar-refractivity contribution is 0.310. The van der Waals surface area contributed by atoms with Crippen LogP contribution in [0.15, 0.2) is 0 Å². The Hall–Kier alpha value is -0.250. The van der Waals surface area contributed by atoms with Crippen LogP contribution in [-0.4, -0.2) is 9.78 Å². The van der Waals surface area contributed by atoms with E-state index in [1.165, 1.54) is 17.7 Å². The van der Waals surface area contributed by atoms with Crippen molar-refractivity contribution in [3.05, 3.63) is 17.0 Å². The van der Waals surface area contributed by atoms with Crippen molar-refractivity contribution in [2.45, 2.75) is 39.7 Å². The van der Waals surface area contributed by atoms with E-state index in [1.54, 1.807) is 0 Å². The zero-order valence-electron chi connectivity index (χ0n) is 10.1. The standard InChI is InChI=1S/C11H19N3.2ClH/c1-11(2)5-4-10-8(6-11)9(7-12)13-14(10)3;;/h4-7,12H2,1-3H3;2*1H. The van der Waals surface area contributed by atoms with Crippen molar-refractivity contribution in [1.29, 1.82) is 0 Å². The maximum absolute atomic E-state index is 5.70. The SMILES string of the molecule is Cl.Cl.Cn1nc(CN)c2c1CCC(C)(C)C2. The van der Waals surface area contributed by atoms with Crippen LogP contribution in [0, 0.1) is 5.41 Å². The maximum Gasteiger partial charge on any atom is 0.0795 e. The van der Waals surface area contributed by atoms with E-state index in [1.807, 2.05) is 11.7 Å². The van der Waals surface area contributed by atoms with Crippen LogP contribution in [0.4, 0.5) is 0 Å². The van der Waals surface area contributed by atoms with Crippen molar-refractivity contribution in [3.63, 3.8) is 0 Å². The van der Waals surface area contributed by atoms with Gasteiger partial charge >= 0.3 is 0 Å². The molecular formula is C11H21Cl2N3. The van der Waals surface area contributed by atoms with Crippen LogP contribution in [-0.2, 0) is 26.4 Å². The van der Waals surface area contributed by atoms with Crippen LogP contribution in [0.1, 0.15) is 37.2 Å². The van der Waals surface area contributed by atoms with Crippen LogP contribution < -0.4 is 5.73 Å². The molecule has 0 fully saturated rings. The monoisotopic (exact) mass is 265 g/mol. The molecular weight excluding hydrogens is 245 g/mol. The Kier molecular flexibility index (Phi) is 5.30. The number of hydrogen-bond donors (Lipinski definition) is 1. The first kappa shape index (κ1) is 15.8. The molecule has 0 saturated heterocycles. The van der Waals surface area contributed by atoms with Crippen LogP contribution in [0.25, 0.3) is 0 Å². The summed E-state index contributed by atoms with van der Waals surface area (Å²) in [7, 11) is 2.02. The Labute approximate surface area is 110 Å². The first-order valence-corrected chi connectivity index (χ1v) is 5.27. The van der Waals surface area contributed by atoms with E-state index in [0.717, 1.165) is 18.5 Å². The normalized spacial score (nSPS) is 17.0. The third kappa shape index (κ3) is 2.70. The first-order valence-electron chi connectivity index (χ1n) is 5.27. The highest BCUT2D eigenvalue weighted by atomic mass is 35.5. The lowest BCUT2D eigenvalue weighted by Crippen LogP contribution is -2.23. The van der Waals surface area contributed by atoms with Crippen molar-refractivity contribution in [1.82, 2.24) is 9.78 Å². The molecule has 3 nitrogen and oxygen atoms in total. The van der Waals surface area contributed by atoms with Gasteiger partial charge in [0, 0.05) is 19.3 Å². The predicted molar refractivity (Wildman–Crippen MR) is 71.4 cm³/mol. The lowest BCUT2D eigenvalue weighted by atomic mass is 9.76. The molecule has 5 heteroatoms. The van der Waals surface area contributed by atoms with Crippen LogP contribution in [0.3, 0.4) is 0 Å². The van der Waals surface area contributed by atoms with Gasteiger partial charge in [-0.15, -0.1) is 24.8 Å². The zero-order chi connectivity index (χ0) is 10.3. The summed E-state index contributed by atoms with van der Waals surface area (Å²) in [6.07, 6.45) is 3.53. The summed E-state index contributed by atoms with van der Waals surface area (Å²) in [5.74, 6) is 0. The fourth-order valence-electron chi connectivity index (χ4n) is 2.37. The second-order valence-electron chi connectivity index (χ2n) is 5.04. The molecule has 1 aliphatic rings. The van der Waals surface area contributed by atoms with Crippen LogP contribution in [0.2, 0.25) is 0 Å². The fraction of sp³-hybridized carbons (Fsp3) is 0.727. The van der Waals surface area contributed by atoms with Gasteiger partial charge in [0.1, 0.15) is 0 Å². The molecule has 0 amide bonds. The number of rotatable bonds is 1. The van der Waals surface area contributed by atoms with Gasteiger partial charge < -0.3 is 5.73 Å². The van der Waals surface area contributed by atoms with Gasteiger partial charge in [-0.2, -0.15) is 5.10 Å². The number of nitrogens with zero attached hydrogens (tertiary/aromatic N) is 2. The van der Waals surface area contributed by atoms with Crippen LogP contribution in [0.5, 0.6) is 0 Å². The Balaban J connectivity index is 0.00000112. The topological polar surface area (TPSA) is 43.8 Å². The zero-order valence-corrected chi connectivity index (χ0v) is 11.7. The van der Waals surface area contributed by atoms with Crippen molar-refractivity contribution < 1.29 is 0 Å². The number of aromatic nitrogens is 2. The molecule has 0 atom stereocenters. The van der Waals surface area contributed by atoms with E-state index < -0.39 is 0 Å². The maximum atomic E-state index is 5.70. The van der Waals surface area contributed by atoms with E-state index in [-0.39, 0.29) is 24.8 Å². The average Bonchev–Trinajstić information content (AvgIpc) is 2.40. The Morgan fingerprint density at radius 3 is 2.56 bits per heavy atom. The molecule has 2 N–H and O–H groups in total. The van der Waals surface area contributed by atoms with Gasteiger partial charge in [0.2, 0.25) is 0 Å². The average molecular weight is 266 g/mol. The molecule has 0 unspecified atom stereocenters. The molecule has 0 radical (unpaired) electrons. The van der Waals surface area contributed by atoms with E-state index >= 15 is 0 Å². The Morgan fingerprint density at radius 1 is 1.38 bits per heavy atom. The first-order chi connectivity index (χ1) is 6.53. The largest absolute Gasteiger partial charge is 0.325 e. The summed E-state index contributed by atoms with van der Waals surface area (Å²) in [6, 6.07) is 0. The van der Waals surface area contributed by atoms with Crippen molar-refractivity contribution in [3.8, 4) is 0 Å². The molecule has 0 aromatic carbocycles. The quantitative estimate of drug-likeness (QED) is 0.847.